The van der Waals surface area contributed by atoms with E-state index in [1.54, 1.807) is 12.1 Å². The van der Waals surface area contributed by atoms with Gasteiger partial charge in [0, 0.05) is 41.8 Å². The Morgan fingerprint density at radius 3 is 2.38 bits per heavy atom. The molecule has 0 spiro atoms. The summed E-state index contributed by atoms with van der Waals surface area (Å²) in [6.45, 7) is 4.81. The van der Waals surface area contributed by atoms with Crippen molar-refractivity contribution in [3.05, 3.63) is 87.2 Å². The zero-order valence-corrected chi connectivity index (χ0v) is 19.3. The number of anilines is 1. The predicted octanol–water partition coefficient (Wildman–Crippen LogP) is 5.03. The van der Waals surface area contributed by atoms with E-state index in [-0.39, 0.29) is 17.0 Å². The van der Waals surface area contributed by atoms with Crippen LogP contribution < -0.4 is 4.90 Å². The number of nitro benzene ring substituents is 1. The van der Waals surface area contributed by atoms with E-state index in [0.29, 0.717) is 11.3 Å². The highest BCUT2D eigenvalue weighted by Gasteiger charge is 2.24. The number of esters is 1. The SMILES string of the molecule is Cc1cc(C(=O)COC(=O)c2ccc(N3CCCCC3)c([N+](=O)[O-])c2)c(C)n1-c1ccccc1. The number of aryl methyl sites for hydroxylation is 1. The smallest absolute Gasteiger partial charge is 0.338 e. The largest absolute Gasteiger partial charge is 0.454 e. The summed E-state index contributed by atoms with van der Waals surface area (Å²) >= 11 is 0. The van der Waals surface area contributed by atoms with Crippen LogP contribution in [0.15, 0.2) is 54.6 Å². The van der Waals surface area contributed by atoms with Crippen LogP contribution in [-0.4, -0.2) is 40.9 Å². The number of piperidine rings is 1. The number of nitro groups is 1. The van der Waals surface area contributed by atoms with E-state index in [4.69, 9.17) is 4.74 Å². The maximum Gasteiger partial charge on any atom is 0.338 e. The first-order valence-corrected chi connectivity index (χ1v) is 11.3. The summed E-state index contributed by atoms with van der Waals surface area (Å²) in [5.41, 5.74) is 3.48. The summed E-state index contributed by atoms with van der Waals surface area (Å²) in [5.74, 6) is -1.10. The minimum atomic E-state index is -0.765. The number of benzene rings is 2. The van der Waals surface area contributed by atoms with E-state index in [0.717, 1.165) is 49.4 Å². The molecule has 8 heteroatoms. The number of Topliss-reactive ketones (excluding diaryl/α,β-unsaturated/α-hetero) is 1. The Labute approximate surface area is 197 Å². The van der Waals surface area contributed by atoms with Gasteiger partial charge in [-0.25, -0.2) is 4.79 Å². The molecule has 1 saturated heterocycles. The Morgan fingerprint density at radius 2 is 1.71 bits per heavy atom. The van der Waals surface area contributed by atoms with Gasteiger partial charge in [0.05, 0.1) is 10.5 Å². The van der Waals surface area contributed by atoms with Crippen molar-refractivity contribution in [2.45, 2.75) is 33.1 Å². The zero-order chi connectivity index (χ0) is 24.2. The van der Waals surface area contributed by atoms with Crippen LogP contribution in [0, 0.1) is 24.0 Å². The Bertz CT molecular complexity index is 1230. The average molecular weight is 462 g/mol. The molecule has 1 aliphatic rings. The highest BCUT2D eigenvalue weighted by atomic mass is 16.6. The Balaban J connectivity index is 1.48. The molecule has 1 fully saturated rings. The van der Waals surface area contributed by atoms with Gasteiger partial charge < -0.3 is 14.2 Å². The van der Waals surface area contributed by atoms with E-state index >= 15 is 0 Å². The van der Waals surface area contributed by atoms with Gasteiger partial charge in [0.1, 0.15) is 5.69 Å². The number of carbonyl (C=O) groups is 2. The fraction of sp³-hybridized carbons (Fsp3) is 0.308. The third kappa shape index (κ3) is 4.71. The molecule has 0 bridgehead atoms. The summed E-state index contributed by atoms with van der Waals surface area (Å²) < 4.78 is 7.21. The van der Waals surface area contributed by atoms with E-state index < -0.39 is 17.5 Å². The van der Waals surface area contributed by atoms with Crippen LogP contribution in [0.3, 0.4) is 0 Å². The molecule has 1 aliphatic heterocycles. The number of carbonyl (C=O) groups excluding carboxylic acids is 2. The van der Waals surface area contributed by atoms with Crippen molar-refractivity contribution >= 4 is 23.1 Å². The van der Waals surface area contributed by atoms with Crippen LogP contribution >= 0.6 is 0 Å². The van der Waals surface area contributed by atoms with Gasteiger partial charge in [0.15, 0.2) is 6.61 Å². The normalized spacial score (nSPS) is 13.5. The first-order chi connectivity index (χ1) is 16.4. The first-order valence-electron chi connectivity index (χ1n) is 11.3. The third-order valence-corrected chi connectivity index (χ3v) is 6.18. The summed E-state index contributed by atoms with van der Waals surface area (Å²) in [5, 5.41) is 11.6. The molecule has 1 aromatic heterocycles. The molecule has 0 atom stereocenters. The van der Waals surface area contributed by atoms with E-state index in [2.05, 4.69) is 0 Å². The van der Waals surface area contributed by atoms with Crippen molar-refractivity contribution < 1.29 is 19.2 Å². The van der Waals surface area contributed by atoms with Gasteiger partial charge in [0.2, 0.25) is 5.78 Å². The van der Waals surface area contributed by atoms with Gasteiger partial charge in [-0.3, -0.25) is 14.9 Å². The number of para-hydroxylation sites is 1. The van der Waals surface area contributed by atoms with Crippen molar-refractivity contribution in [1.82, 2.24) is 4.57 Å². The molecule has 0 radical (unpaired) electrons. The monoisotopic (exact) mass is 461 g/mol. The summed E-state index contributed by atoms with van der Waals surface area (Å²) in [6.07, 6.45) is 3.07. The van der Waals surface area contributed by atoms with Crippen LogP contribution in [0.25, 0.3) is 5.69 Å². The van der Waals surface area contributed by atoms with Crippen LogP contribution in [0.4, 0.5) is 11.4 Å². The maximum atomic E-state index is 12.8. The lowest BCUT2D eigenvalue weighted by Gasteiger charge is -2.28. The molecule has 0 N–H and O–H groups in total. The molecular formula is C26H27N3O5. The van der Waals surface area contributed by atoms with Crippen LogP contribution in [-0.2, 0) is 4.74 Å². The second-order valence-electron chi connectivity index (χ2n) is 8.46. The van der Waals surface area contributed by atoms with E-state index in [1.807, 2.05) is 53.6 Å². The summed E-state index contributed by atoms with van der Waals surface area (Å²) in [4.78, 5) is 38.6. The standard InChI is InChI=1S/C26H27N3O5/c1-18-15-22(19(2)28(18)21-9-5-3-6-10-21)25(30)17-34-26(31)20-11-12-23(24(16-20)29(32)33)27-13-7-4-8-14-27/h3,5-6,9-12,15-16H,4,7-8,13-14,17H2,1-2H3. The van der Waals surface area contributed by atoms with Crippen molar-refractivity contribution in [2.24, 2.45) is 0 Å². The maximum absolute atomic E-state index is 12.8. The van der Waals surface area contributed by atoms with Crippen LogP contribution in [0.2, 0.25) is 0 Å². The average Bonchev–Trinajstić information content (AvgIpc) is 3.16. The van der Waals surface area contributed by atoms with Gasteiger partial charge in [-0.15, -0.1) is 0 Å². The second kappa shape index (κ2) is 9.91. The summed E-state index contributed by atoms with van der Waals surface area (Å²) in [6, 6.07) is 15.8. The predicted molar refractivity (Wildman–Crippen MR) is 129 cm³/mol. The van der Waals surface area contributed by atoms with Gasteiger partial charge >= 0.3 is 5.97 Å². The van der Waals surface area contributed by atoms with Crippen molar-refractivity contribution in [3.63, 3.8) is 0 Å². The fourth-order valence-corrected chi connectivity index (χ4v) is 4.51. The molecule has 0 amide bonds. The highest BCUT2D eigenvalue weighted by molar-refractivity contribution is 6.00. The molecule has 34 heavy (non-hydrogen) atoms. The van der Waals surface area contributed by atoms with Gasteiger partial charge in [-0.2, -0.15) is 0 Å². The van der Waals surface area contributed by atoms with Crippen LogP contribution in [0.1, 0.15) is 51.4 Å². The number of hydrogen-bond donors (Lipinski definition) is 0. The lowest BCUT2D eigenvalue weighted by Crippen LogP contribution is -2.30. The third-order valence-electron chi connectivity index (χ3n) is 6.18. The highest BCUT2D eigenvalue weighted by Crippen LogP contribution is 2.31. The molecule has 2 heterocycles. The molecule has 0 aliphatic carbocycles. The first kappa shape index (κ1) is 23.2. The number of rotatable bonds is 7. The molecule has 2 aromatic carbocycles. The number of aromatic nitrogens is 1. The number of ketones is 1. The molecule has 4 rings (SSSR count). The molecule has 3 aromatic rings. The number of nitrogens with zero attached hydrogens (tertiary/aromatic N) is 3. The lowest BCUT2D eigenvalue weighted by molar-refractivity contribution is -0.384. The molecule has 0 saturated carbocycles. The number of hydrogen-bond acceptors (Lipinski definition) is 6. The Kier molecular flexibility index (Phi) is 6.77. The van der Waals surface area contributed by atoms with Gasteiger partial charge in [-0.1, -0.05) is 18.2 Å². The van der Waals surface area contributed by atoms with Crippen molar-refractivity contribution in [3.8, 4) is 5.69 Å². The summed E-state index contributed by atoms with van der Waals surface area (Å²) in [7, 11) is 0. The Hall–Kier alpha value is -3.94. The van der Waals surface area contributed by atoms with Gasteiger partial charge in [0.25, 0.3) is 5.69 Å². The van der Waals surface area contributed by atoms with Crippen LogP contribution in [0.5, 0.6) is 0 Å². The molecule has 0 unspecified atom stereocenters. The van der Waals surface area contributed by atoms with Gasteiger partial charge in [-0.05, 0) is 63.4 Å². The molecule has 8 nitrogen and oxygen atoms in total. The number of ether oxygens (including phenoxy) is 1. The van der Waals surface area contributed by atoms with E-state index in [9.17, 15) is 19.7 Å². The minimum Gasteiger partial charge on any atom is -0.454 e. The van der Waals surface area contributed by atoms with Crippen molar-refractivity contribution in [1.29, 1.82) is 0 Å². The topological polar surface area (TPSA) is 94.7 Å². The minimum absolute atomic E-state index is 0.0509. The molecule has 176 valence electrons. The fourth-order valence-electron chi connectivity index (χ4n) is 4.51. The van der Waals surface area contributed by atoms with E-state index in [1.165, 1.54) is 12.1 Å². The Morgan fingerprint density at radius 1 is 1.00 bits per heavy atom. The second-order valence-corrected chi connectivity index (χ2v) is 8.46. The van der Waals surface area contributed by atoms with Crippen molar-refractivity contribution in [2.75, 3.05) is 24.6 Å². The molecular weight excluding hydrogens is 434 g/mol. The lowest BCUT2D eigenvalue weighted by atomic mass is 10.1. The quantitative estimate of drug-likeness (QED) is 0.212. The zero-order valence-electron chi connectivity index (χ0n) is 19.3.